The van der Waals surface area contributed by atoms with Gasteiger partial charge in [0, 0.05) is 5.75 Å². The summed E-state index contributed by atoms with van der Waals surface area (Å²) in [6.45, 7) is 1.76. The number of carbonyl (C=O) groups excluding carboxylic acids is 1. The Bertz CT molecular complexity index is 194. The predicted octanol–water partition coefficient (Wildman–Crippen LogP) is -0.309. The van der Waals surface area contributed by atoms with Crippen LogP contribution in [0.5, 0.6) is 0 Å². The first kappa shape index (κ1) is 8.39. The molecule has 1 aliphatic heterocycles. The van der Waals surface area contributed by atoms with Crippen molar-refractivity contribution in [3.8, 4) is 0 Å². The van der Waals surface area contributed by atoms with Crippen molar-refractivity contribution >= 4 is 23.6 Å². The molecular weight excluding hydrogens is 166 g/mol. The van der Waals surface area contributed by atoms with Gasteiger partial charge in [-0.15, -0.1) is 11.8 Å². The molecule has 2 unspecified atom stereocenters. The molecule has 1 aliphatic rings. The van der Waals surface area contributed by atoms with E-state index in [1.807, 2.05) is 0 Å². The smallest absolute Gasteiger partial charge is 0.327 e. The van der Waals surface area contributed by atoms with Crippen LogP contribution in [0.3, 0.4) is 0 Å². The van der Waals surface area contributed by atoms with Crippen LogP contribution >= 0.6 is 11.8 Å². The van der Waals surface area contributed by atoms with E-state index in [9.17, 15) is 9.59 Å². The fourth-order valence-electron chi connectivity index (χ4n) is 0.780. The van der Waals surface area contributed by atoms with Crippen LogP contribution in [0.1, 0.15) is 6.92 Å². The zero-order valence-electron chi connectivity index (χ0n) is 6.03. The number of hydrogen-bond donors (Lipinski definition) is 2. The third kappa shape index (κ3) is 1.86. The minimum atomic E-state index is -0.960. The average molecular weight is 175 g/mol. The first-order valence-corrected chi connectivity index (χ1v) is 4.31. The summed E-state index contributed by atoms with van der Waals surface area (Å²) in [7, 11) is 0. The third-order valence-corrected chi connectivity index (χ3v) is 2.74. The molecule has 1 rings (SSSR count). The summed E-state index contributed by atoms with van der Waals surface area (Å²) in [6, 6.07) is -0.705. The van der Waals surface area contributed by atoms with Crippen LogP contribution < -0.4 is 5.32 Å². The van der Waals surface area contributed by atoms with E-state index in [4.69, 9.17) is 5.11 Å². The molecule has 0 aromatic heterocycles. The lowest BCUT2D eigenvalue weighted by atomic mass is 10.3. The van der Waals surface area contributed by atoms with Gasteiger partial charge in [0.15, 0.2) is 0 Å². The van der Waals surface area contributed by atoms with Crippen LogP contribution in [-0.2, 0) is 9.59 Å². The largest absolute Gasteiger partial charge is 0.480 e. The van der Waals surface area contributed by atoms with Gasteiger partial charge in [-0.2, -0.15) is 0 Å². The number of nitrogens with one attached hydrogen (secondary N) is 1. The van der Waals surface area contributed by atoms with Crippen molar-refractivity contribution in [2.45, 2.75) is 18.2 Å². The van der Waals surface area contributed by atoms with E-state index in [0.717, 1.165) is 0 Å². The van der Waals surface area contributed by atoms with Crippen molar-refractivity contribution in [1.82, 2.24) is 5.32 Å². The minimum absolute atomic E-state index is 0.120. The second-order valence-electron chi connectivity index (χ2n) is 2.37. The number of aliphatic carboxylic acids is 1. The van der Waals surface area contributed by atoms with Crippen molar-refractivity contribution in [2.24, 2.45) is 0 Å². The Morgan fingerprint density at radius 1 is 1.82 bits per heavy atom. The summed E-state index contributed by atoms with van der Waals surface area (Å²) < 4.78 is 0. The molecule has 62 valence electrons. The van der Waals surface area contributed by atoms with Gasteiger partial charge in [0.1, 0.15) is 6.04 Å². The standard InChI is InChI=1S/C6H9NO3S/c1-3-5(8)7-4(2-11-3)6(9)10/h3-4H,2H2,1H3,(H,7,8)(H,9,10). The molecule has 1 amide bonds. The quantitative estimate of drug-likeness (QED) is 0.573. The molecule has 0 radical (unpaired) electrons. The number of thioether (sulfide) groups is 1. The molecule has 11 heavy (non-hydrogen) atoms. The van der Waals surface area contributed by atoms with Crippen LogP contribution in [0.25, 0.3) is 0 Å². The topological polar surface area (TPSA) is 66.4 Å². The maximum Gasteiger partial charge on any atom is 0.327 e. The molecule has 1 saturated heterocycles. The lowest BCUT2D eigenvalue weighted by molar-refractivity contribution is -0.141. The van der Waals surface area contributed by atoms with Gasteiger partial charge in [-0.05, 0) is 6.92 Å². The highest BCUT2D eigenvalue weighted by Gasteiger charge is 2.29. The van der Waals surface area contributed by atoms with Gasteiger partial charge in [-0.1, -0.05) is 0 Å². The minimum Gasteiger partial charge on any atom is -0.480 e. The molecule has 1 fully saturated rings. The Labute approximate surface area is 68.3 Å². The molecule has 2 atom stereocenters. The molecular formula is C6H9NO3S. The van der Waals surface area contributed by atoms with E-state index in [-0.39, 0.29) is 11.2 Å². The molecule has 0 aromatic rings. The van der Waals surface area contributed by atoms with Crippen LogP contribution in [-0.4, -0.2) is 34.0 Å². The van der Waals surface area contributed by atoms with E-state index in [1.165, 1.54) is 11.8 Å². The molecule has 0 bridgehead atoms. The Hall–Kier alpha value is -0.710. The third-order valence-electron chi connectivity index (χ3n) is 1.50. The Balaban J connectivity index is 2.53. The number of carboxylic acid groups (broad SMARTS) is 1. The normalized spacial score (nSPS) is 31.2. The molecule has 0 saturated carbocycles. The monoisotopic (exact) mass is 175 g/mol. The number of carboxylic acids is 1. The van der Waals surface area contributed by atoms with Crippen LogP contribution in [0.2, 0.25) is 0 Å². The van der Waals surface area contributed by atoms with Crippen LogP contribution in [0.4, 0.5) is 0 Å². The van der Waals surface area contributed by atoms with Crippen molar-refractivity contribution in [1.29, 1.82) is 0 Å². The van der Waals surface area contributed by atoms with E-state index >= 15 is 0 Å². The summed E-state index contributed by atoms with van der Waals surface area (Å²) in [6.07, 6.45) is 0. The molecule has 0 aliphatic carbocycles. The fourth-order valence-corrected chi connectivity index (χ4v) is 1.71. The highest BCUT2D eigenvalue weighted by Crippen LogP contribution is 2.16. The van der Waals surface area contributed by atoms with E-state index in [2.05, 4.69) is 5.32 Å². The SMILES string of the molecule is CC1SCC(C(=O)O)NC1=O. The summed E-state index contributed by atoms with van der Waals surface area (Å²) in [5.74, 6) is -0.686. The lowest BCUT2D eigenvalue weighted by Crippen LogP contribution is -2.49. The van der Waals surface area contributed by atoms with Gasteiger partial charge in [0.2, 0.25) is 5.91 Å². The second-order valence-corrected chi connectivity index (χ2v) is 3.75. The van der Waals surface area contributed by atoms with Gasteiger partial charge in [0.05, 0.1) is 5.25 Å². The molecule has 5 heteroatoms. The summed E-state index contributed by atoms with van der Waals surface area (Å²) in [4.78, 5) is 21.3. The van der Waals surface area contributed by atoms with Crippen molar-refractivity contribution in [2.75, 3.05) is 5.75 Å². The van der Waals surface area contributed by atoms with Crippen LogP contribution in [0.15, 0.2) is 0 Å². The van der Waals surface area contributed by atoms with Crippen molar-refractivity contribution in [3.63, 3.8) is 0 Å². The molecule has 2 N–H and O–H groups in total. The lowest BCUT2D eigenvalue weighted by Gasteiger charge is -2.23. The summed E-state index contributed by atoms with van der Waals surface area (Å²) in [5, 5.41) is 10.8. The molecule has 0 spiro atoms. The first-order valence-electron chi connectivity index (χ1n) is 3.26. The van der Waals surface area contributed by atoms with E-state index < -0.39 is 12.0 Å². The maximum atomic E-state index is 10.9. The van der Waals surface area contributed by atoms with Crippen molar-refractivity contribution < 1.29 is 14.7 Å². The van der Waals surface area contributed by atoms with Gasteiger partial charge in [-0.3, -0.25) is 4.79 Å². The highest BCUT2D eigenvalue weighted by molar-refractivity contribution is 8.00. The average Bonchev–Trinajstić information content (AvgIpc) is 1.94. The highest BCUT2D eigenvalue weighted by atomic mass is 32.2. The summed E-state index contributed by atoms with van der Waals surface area (Å²) >= 11 is 1.37. The first-order chi connectivity index (χ1) is 5.11. The predicted molar refractivity (Wildman–Crippen MR) is 41.5 cm³/mol. The van der Waals surface area contributed by atoms with Gasteiger partial charge in [-0.25, -0.2) is 4.79 Å². The van der Waals surface area contributed by atoms with Gasteiger partial charge >= 0.3 is 5.97 Å². The molecule has 0 aromatic carbocycles. The van der Waals surface area contributed by atoms with Gasteiger partial charge in [0.25, 0.3) is 0 Å². The molecule has 4 nitrogen and oxygen atoms in total. The zero-order chi connectivity index (χ0) is 8.43. The second kappa shape index (κ2) is 3.13. The van der Waals surface area contributed by atoms with Crippen LogP contribution in [0, 0.1) is 0 Å². The van der Waals surface area contributed by atoms with E-state index in [0.29, 0.717) is 5.75 Å². The van der Waals surface area contributed by atoms with Crippen molar-refractivity contribution in [3.05, 3.63) is 0 Å². The van der Waals surface area contributed by atoms with Gasteiger partial charge < -0.3 is 10.4 Å². The summed E-state index contributed by atoms with van der Waals surface area (Å²) in [5.41, 5.74) is 0. The Morgan fingerprint density at radius 2 is 2.45 bits per heavy atom. The maximum absolute atomic E-state index is 10.9. The zero-order valence-corrected chi connectivity index (χ0v) is 6.85. The van der Waals surface area contributed by atoms with E-state index in [1.54, 1.807) is 6.92 Å². The fraction of sp³-hybridized carbons (Fsp3) is 0.667. The number of hydrogen-bond acceptors (Lipinski definition) is 3. The number of rotatable bonds is 1. The number of carbonyl (C=O) groups is 2. The Kier molecular flexibility index (Phi) is 2.38. The number of amides is 1. The Morgan fingerprint density at radius 3 is 2.91 bits per heavy atom. The molecule has 1 heterocycles.